The van der Waals surface area contributed by atoms with Crippen molar-refractivity contribution in [1.29, 1.82) is 0 Å². The molecule has 2 N–H and O–H groups in total. The third-order valence-electron chi connectivity index (χ3n) is 6.18. The minimum absolute atomic E-state index is 0.153. The number of rotatable bonds is 5. The smallest absolute Gasteiger partial charge is 0.315 e. The molecule has 4 rings (SSSR count). The number of anilines is 1. The number of benzene rings is 1. The molecule has 1 aromatic carbocycles. The normalized spacial score (nSPS) is 21.5. The van der Waals surface area contributed by atoms with Crippen LogP contribution in [0.5, 0.6) is 0 Å². The van der Waals surface area contributed by atoms with Gasteiger partial charge in [0.1, 0.15) is 12.5 Å². The molecule has 1 aliphatic carbocycles. The first kappa shape index (κ1) is 22.3. The summed E-state index contributed by atoms with van der Waals surface area (Å²) >= 11 is 0. The third-order valence-corrected chi connectivity index (χ3v) is 6.18. The summed E-state index contributed by atoms with van der Waals surface area (Å²) in [6, 6.07) is 9.44. The number of aromatic nitrogens is 1. The van der Waals surface area contributed by atoms with Gasteiger partial charge in [-0.1, -0.05) is 30.3 Å². The van der Waals surface area contributed by atoms with Gasteiger partial charge < -0.3 is 15.4 Å². The molecule has 2 heterocycles. The fraction of sp³-hybridized carbons (Fsp3) is 0.458. The summed E-state index contributed by atoms with van der Waals surface area (Å²) in [6.07, 6.45) is -0.548. The van der Waals surface area contributed by atoms with E-state index in [2.05, 4.69) is 9.98 Å². The van der Waals surface area contributed by atoms with Crippen LogP contribution in [0.2, 0.25) is 0 Å². The summed E-state index contributed by atoms with van der Waals surface area (Å²) in [7, 11) is 3.80. The highest BCUT2D eigenvalue weighted by Gasteiger charge is 2.43. The van der Waals surface area contributed by atoms with Gasteiger partial charge in [0.15, 0.2) is 5.82 Å². The fourth-order valence-electron chi connectivity index (χ4n) is 4.53. The first-order valence-corrected chi connectivity index (χ1v) is 10.8. The Morgan fingerprint density at radius 1 is 1.28 bits per heavy atom. The number of nitrogen functional groups attached to an aromatic ring is 1. The lowest BCUT2D eigenvalue weighted by Crippen LogP contribution is -2.36. The number of fused-ring (bicyclic) bond motifs is 2. The molecular weight excluding hydrogens is 414 g/mol. The molecule has 8 heteroatoms. The van der Waals surface area contributed by atoms with Crippen molar-refractivity contribution in [2.45, 2.75) is 38.0 Å². The Bertz CT molecular complexity index is 1050. The van der Waals surface area contributed by atoms with Crippen LogP contribution in [0.4, 0.5) is 20.3 Å². The Labute approximate surface area is 186 Å². The zero-order valence-corrected chi connectivity index (χ0v) is 18.6. The number of halogens is 2. The van der Waals surface area contributed by atoms with Gasteiger partial charge in [0.25, 0.3) is 5.92 Å². The molecule has 0 amide bonds. The molecule has 2 atom stereocenters. The van der Waals surface area contributed by atoms with Crippen LogP contribution < -0.4 is 5.73 Å². The number of esters is 1. The zero-order chi connectivity index (χ0) is 23.0. The van der Waals surface area contributed by atoms with Crippen LogP contribution in [0.3, 0.4) is 0 Å². The standard InChI is InChI=1S/C24H28F2N4O2/c1-14-18(23(31)32-12-11-30(2)3)19(15-7-5-4-6-8-15)20-21(27)16-13-24(25,26)10-9-17(16)29-22(20)28-14/h4-8,18-19H,9-13H2,1-3H3,(H2,27,29). The predicted molar refractivity (Wildman–Crippen MR) is 120 cm³/mol. The number of nitrogens with zero attached hydrogens (tertiary/aromatic N) is 3. The van der Waals surface area contributed by atoms with Gasteiger partial charge >= 0.3 is 5.97 Å². The lowest BCUT2D eigenvalue weighted by molar-refractivity contribution is -0.146. The molecular formula is C24H28F2N4O2. The van der Waals surface area contributed by atoms with Crippen LogP contribution in [0, 0.1) is 5.92 Å². The van der Waals surface area contributed by atoms with Crippen molar-refractivity contribution in [3.8, 4) is 0 Å². The van der Waals surface area contributed by atoms with Crippen LogP contribution in [0.15, 0.2) is 35.3 Å². The average molecular weight is 443 g/mol. The molecule has 2 aliphatic rings. The maximum Gasteiger partial charge on any atom is 0.315 e. The summed E-state index contributed by atoms with van der Waals surface area (Å²) in [5.74, 6) is -4.04. The van der Waals surface area contributed by atoms with Crippen molar-refractivity contribution >= 4 is 23.2 Å². The van der Waals surface area contributed by atoms with Gasteiger partial charge in [-0.2, -0.15) is 0 Å². The molecule has 0 bridgehead atoms. The average Bonchev–Trinajstić information content (AvgIpc) is 2.73. The van der Waals surface area contributed by atoms with E-state index >= 15 is 0 Å². The number of hydrogen-bond acceptors (Lipinski definition) is 6. The lowest BCUT2D eigenvalue weighted by Gasteiger charge is -2.34. The van der Waals surface area contributed by atoms with E-state index in [1.54, 1.807) is 6.92 Å². The Hall–Kier alpha value is -2.87. The number of ether oxygens (including phenoxy) is 1. The summed E-state index contributed by atoms with van der Waals surface area (Å²) in [6.45, 7) is 2.61. The molecule has 170 valence electrons. The number of aryl methyl sites for hydroxylation is 1. The first-order valence-electron chi connectivity index (χ1n) is 10.8. The fourth-order valence-corrected chi connectivity index (χ4v) is 4.53. The minimum Gasteiger partial charge on any atom is -0.464 e. The Morgan fingerprint density at radius 3 is 2.69 bits per heavy atom. The van der Waals surface area contributed by atoms with Crippen molar-refractivity contribution in [2.75, 3.05) is 33.0 Å². The van der Waals surface area contributed by atoms with E-state index in [0.717, 1.165) is 5.56 Å². The van der Waals surface area contributed by atoms with Crippen molar-refractivity contribution < 1.29 is 18.3 Å². The highest BCUT2D eigenvalue weighted by molar-refractivity contribution is 6.05. The molecule has 32 heavy (non-hydrogen) atoms. The second-order valence-electron chi connectivity index (χ2n) is 8.81. The monoisotopic (exact) mass is 442 g/mol. The first-order chi connectivity index (χ1) is 15.2. The van der Waals surface area contributed by atoms with Crippen LogP contribution in [0.25, 0.3) is 0 Å². The van der Waals surface area contributed by atoms with Crippen LogP contribution in [0.1, 0.15) is 41.6 Å². The third kappa shape index (κ3) is 4.24. The van der Waals surface area contributed by atoms with Gasteiger partial charge in [0.2, 0.25) is 0 Å². The Kier molecular flexibility index (Phi) is 5.99. The van der Waals surface area contributed by atoms with Gasteiger partial charge in [0.05, 0.1) is 0 Å². The molecule has 0 radical (unpaired) electrons. The quantitative estimate of drug-likeness (QED) is 0.714. The van der Waals surface area contributed by atoms with E-state index in [-0.39, 0.29) is 25.1 Å². The van der Waals surface area contributed by atoms with E-state index in [4.69, 9.17) is 10.5 Å². The number of carbonyl (C=O) groups excluding carboxylic acids is 1. The second kappa shape index (κ2) is 8.58. The van der Waals surface area contributed by atoms with E-state index in [0.29, 0.717) is 34.9 Å². The molecule has 0 saturated heterocycles. The van der Waals surface area contributed by atoms with Crippen molar-refractivity contribution in [3.63, 3.8) is 0 Å². The van der Waals surface area contributed by atoms with Crippen LogP contribution in [-0.2, 0) is 22.4 Å². The Balaban J connectivity index is 1.82. The van der Waals surface area contributed by atoms with Gasteiger partial charge in [-0.25, -0.2) is 18.8 Å². The number of hydrogen-bond donors (Lipinski definition) is 1. The van der Waals surface area contributed by atoms with Gasteiger partial charge in [-0.05, 0) is 33.0 Å². The lowest BCUT2D eigenvalue weighted by atomic mass is 9.75. The molecule has 2 aromatic rings. The molecule has 1 aliphatic heterocycles. The SMILES string of the molecule is CC1=Nc2nc3c(c(N)c2C(c2ccccc2)C1C(=O)OCCN(C)C)CC(F)(F)CC3. The molecule has 6 nitrogen and oxygen atoms in total. The minimum atomic E-state index is -2.82. The molecule has 2 unspecified atom stereocenters. The van der Waals surface area contributed by atoms with Gasteiger partial charge in [-0.3, -0.25) is 4.79 Å². The molecule has 0 spiro atoms. The van der Waals surface area contributed by atoms with E-state index in [1.807, 2.05) is 49.3 Å². The number of carbonyl (C=O) groups is 1. The van der Waals surface area contributed by atoms with Gasteiger partial charge in [-0.15, -0.1) is 0 Å². The van der Waals surface area contributed by atoms with Crippen molar-refractivity contribution in [2.24, 2.45) is 10.9 Å². The number of alkyl halides is 2. The summed E-state index contributed by atoms with van der Waals surface area (Å²) in [4.78, 5) is 24.3. The van der Waals surface area contributed by atoms with Gasteiger partial charge in [0, 0.05) is 53.5 Å². The largest absolute Gasteiger partial charge is 0.464 e. The number of pyridine rings is 1. The highest BCUT2D eigenvalue weighted by Crippen LogP contribution is 2.48. The maximum absolute atomic E-state index is 14.2. The molecule has 0 saturated carbocycles. The molecule has 1 aromatic heterocycles. The van der Waals surface area contributed by atoms with Crippen molar-refractivity contribution in [1.82, 2.24) is 9.88 Å². The highest BCUT2D eigenvalue weighted by atomic mass is 19.3. The maximum atomic E-state index is 14.2. The Morgan fingerprint density at radius 2 is 2.00 bits per heavy atom. The number of likely N-dealkylation sites (N-methyl/N-ethyl adjacent to an activating group) is 1. The van der Waals surface area contributed by atoms with E-state index in [1.165, 1.54) is 0 Å². The van der Waals surface area contributed by atoms with Crippen molar-refractivity contribution in [3.05, 3.63) is 52.7 Å². The summed E-state index contributed by atoms with van der Waals surface area (Å²) in [5, 5.41) is 0. The van der Waals surface area contributed by atoms with Crippen LogP contribution in [-0.4, -0.2) is 54.7 Å². The number of nitrogens with two attached hydrogens (primary N) is 1. The topological polar surface area (TPSA) is 80.8 Å². The van der Waals surface area contributed by atoms with E-state index < -0.39 is 30.1 Å². The number of aliphatic imine (C=N–C) groups is 1. The zero-order valence-electron chi connectivity index (χ0n) is 18.6. The second-order valence-corrected chi connectivity index (χ2v) is 8.81. The summed E-state index contributed by atoms with van der Waals surface area (Å²) < 4.78 is 34.0. The van der Waals surface area contributed by atoms with E-state index in [9.17, 15) is 13.6 Å². The summed E-state index contributed by atoms with van der Waals surface area (Å²) in [5.41, 5.74) is 9.68. The molecule has 0 fully saturated rings. The predicted octanol–water partition coefficient (Wildman–Crippen LogP) is 3.75. The van der Waals surface area contributed by atoms with Crippen LogP contribution >= 0.6 is 0 Å².